The molecular formula is C26H28F2N8O3S. The first-order valence-corrected chi connectivity index (χ1v) is 14.3. The van der Waals surface area contributed by atoms with Gasteiger partial charge in [-0.15, -0.1) is 0 Å². The van der Waals surface area contributed by atoms with E-state index in [0.29, 0.717) is 24.3 Å². The fourth-order valence-electron chi connectivity index (χ4n) is 5.00. The molecule has 4 heterocycles. The van der Waals surface area contributed by atoms with Crippen LogP contribution < -0.4 is 21.3 Å². The Kier molecular flexibility index (Phi) is 7.14. The van der Waals surface area contributed by atoms with Gasteiger partial charge in [0.2, 0.25) is 11.9 Å². The van der Waals surface area contributed by atoms with Crippen LogP contribution in [0, 0.1) is 17.6 Å². The molecule has 3 atom stereocenters. The Balaban J connectivity index is 1.47. The molecule has 1 saturated heterocycles. The summed E-state index contributed by atoms with van der Waals surface area (Å²) >= 11 is 0. The standard InChI is InChI=1S/C26H28F2N8O3S/c1-14-12-35(13-20(29)25(14)32-15(2)37)23-6-7-30-11-22(23)33-26-31-10-16-4-5-21(34-36(16)26)24-18(27)8-17(9-19(24)28)40(3,38)39/h4-11,14,20,25H,12-13,29H2,1-3H3,(H,31,33)(H,32,37)/t14-,20+,25-/m0/s1. The normalized spacial score (nSPS) is 19.6. The molecule has 0 unspecified atom stereocenters. The molecule has 1 aliphatic rings. The number of nitrogens with two attached hydrogens (primary N) is 1. The van der Waals surface area contributed by atoms with Crippen LogP contribution in [0.25, 0.3) is 16.8 Å². The number of imidazole rings is 1. The Morgan fingerprint density at radius 3 is 2.50 bits per heavy atom. The summed E-state index contributed by atoms with van der Waals surface area (Å²) in [6, 6.07) is 5.96. The van der Waals surface area contributed by atoms with Crippen molar-refractivity contribution in [3.63, 3.8) is 0 Å². The highest BCUT2D eigenvalue weighted by atomic mass is 32.2. The highest BCUT2D eigenvalue weighted by Gasteiger charge is 2.34. The molecule has 3 aromatic heterocycles. The van der Waals surface area contributed by atoms with Gasteiger partial charge < -0.3 is 21.3 Å². The molecule has 1 amide bonds. The van der Waals surface area contributed by atoms with Crippen LogP contribution in [-0.2, 0) is 14.6 Å². The predicted octanol–water partition coefficient (Wildman–Crippen LogP) is 2.50. The van der Waals surface area contributed by atoms with E-state index in [1.165, 1.54) is 17.5 Å². The second kappa shape index (κ2) is 10.4. The Labute approximate surface area is 229 Å². The highest BCUT2D eigenvalue weighted by Crippen LogP contribution is 2.32. The van der Waals surface area contributed by atoms with E-state index in [-0.39, 0.29) is 35.6 Å². The number of anilines is 3. The molecule has 4 aromatic rings. The molecular weight excluding hydrogens is 542 g/mol. The van der Waals surface area contributed by atoms with Crippen LogP contribution in [-0.4, -0.2) is 65.3 Å². The first-order valence-electron chi connectivity index (χ1n) is 12.5. The summed E-state index contributed by atoms with van der Waals surface area (Å²) in [5.74, 6) is -1.89. The van der Waals surface area contributed by atoms with Gasteiger partial charge in [-0.25, -0.2) is 22.2 Å². The Hall–Kier alpha value is -4.17. The van der Waals surface area contributed by atoms with Crippen molar-refractivity contribution in [1.82, 2.24) is 24.9 Å². The van der Waals surface area contributed by atoms with Gasteiger partial charge in [0.25, 0.3) is 0 Å². The van der Waals surface area contributed by atoms with Crippen LogP contribution in [0.5, 0.6) is 0 Å². The minimum absolute atomic E-state index is 0.0464. The van der Waals surface area contributed by atoms with E-state index in [0.717, 1.165) is 24.1 Å². The van der Waals surface area contributed by atoms with Gasteiger partial charge in [0.15, 0.2) is 9.84 Å². The molecule has 14 heteroatoms. The van der Waals surface area contributed by atoms with Crippen molar-refractivity contribution in [3.05, 3.63) is 60.6 Å². The van der Waals surface area contributed by atoms with Crippen LogP contribution in [0.15, 0.2) is 53.8 Å². The topological polar surface area (TPSA) is 148 Å². The van der Waals surface area contributed by atoms with Gasteiger partial charge in [-0.1, -0.05) is 6.92 Å². The minimum Gasteiger partial charge on any atom is -0.368 e. The molecule has 0 spiro atoms. The molecule has 0 radical (unpaired) electrons. The number of fused-ring (bicyclic) bond motifs is 1. The first kappa shape index (κ1) is 27.4. The van der Waals surface area contributed by atoms with E-state index in [2.05, 4.69) is 30.6 Å². The smallest absolute Gasteiger partial charge is 0.229 e. The molecule has 40 heavy (non-hydrogen) atoms. The molecule has 1 aliphatic heterocycles. The maximum atomic E-state index is 14.9. The van der Waals surface area contributed by atoms with E-state index in [9.17, 15) is 22.0 Å². The van der Waals surface area contributed by atoms with E-state index in [1.54, 1.807) is 24.7 Å². The van der Waals surface area contributed by atoms with Crippen molar-refractivity contribution in [2.24, 2.45) is 11.7 Å². The molecule has 11 nitrogen and oxygen atoms in total. The minimum atomic E-state index is -3.80. The van der Waals surface area contributed by atoms with Crippen LogP contribution >= 0.6 is 0 Å². The monoisotopic (exact) mass is 570 g/mol. The highest BCUT2D eigenvalue weighted by molar-refractivity contribution is 7.90. The molecule has 210 valence electrons. The van der Waals surface area contributed by atoms with Crippen LogP contribution in [0.3, 0.4) is 0 Å². The molecule has 0 aliphatic carbocycles. The summed E-state index contributed by atoms with van der Waals surface area (Å²) < 4.78 is 54.7. The molecule has 5 rings (SSSR count). The number of hydrogen-bond acceptors (Lipinski definition) is 9. The van der Waals surface area contributed by atoms with Gasteiger partial charge in [-0.05, 0) is 36.2 Å². The number of nitrogens with one attached hydrogen (secondary N) is 2. The second-order valence-electron chi connectivity index (χ2n) is 9.96. The quantitative estimate of drug-likeness (QED) is 0.318. The fraction of sp³-hybridized carbons (Fsp3) is 0.308. The third-order valence-corrected chi connectivity index (χ3v) is 7.94. The van der Waals surface area contributed by atoms with Crippen molar-refractivity contribution in [3.8, 4) is 11.3 Å². The van der Waals surface area contributed by atoms with Gasteiger partial charge in [0.1, 0.15) is 11.6 Å². The number of aromatic nitrogens is 4. The Morgan fingerprint density at radius 2 is 1.85 bits per heavy atom. The Morgan fingerprint density at radius 1 is 1.12 bits per heavy atom. The summed E-state index contributed by atoms with van der Waals surface area (Å²) in [6.45, 7) is 4.61. The molecule has 0 bridgehead atoms. The maximum absolute atomic E-state index is 14.9. The number of hydrogen-bond donors (Lipinski definition) is 3. The average Bonchev–Trinajstić information content (AvgIpc) is 3.27. The summed E-state index contributed by atoms with van der Waals surface area (Å²) in [6.07, 6.45) is 5.70. The van der Waals surface area contributed by atoms with Gasteiger partial charge in [-0.2, -0.15) is 9.61 Å². The zero-order chi connectivity index (χ0) is 28.8. The third kappa shape index (κ3) is 5.31. The van der Waals surface area contributed by atoms with E-state index in [4.69, 9.17) is 5.73 Å². The van der Waals surface area contributed by atoms with Crippen molar-refractivity contribution < 1.29 is 22.0 Å². The van der Waals surface area contributed by atoms with Crippen molar-refractivity contribution >= 4 is 38.6 Å². The lowest BCUT2D eigenvalue weighted by molar-refractivity contribution is -0.120. The zero-order valence-electron chi connectivity index (χ0n) is 22.0. The van der Waals surface area contributed by atoms with E-state index < -0.39 is 31.9 Å². The van der Waals surface area contributed by atoms with Crippen molar-refractivity contribution in [2.45, 2.75) is 30.8 Å². The van der Waals surface area contributed by atoms with Gasteiger partial charge in [0, 0.05) is 44.5 Å². The number of sulfone groups is 1. The summed E-state index contributed by atoms with van der Waals surface area (Å²) in [5, 5.41) is 10.5. The van der Waals surface area contributed by atoms with Gasteiger partial charge in [-0.3, -0.25) is 9.78 Å². The maximum Gasteiger partial charge on any atom is 0.229 e. The average molecular weight is 571 g/mol. The van der Waals surface area contributed by atoms with Crippen LogP contribution in [0.4, 0.5) is 26.1 Å². The van der Waals surface area contributed by atoms with E-state index >= 15 is 0 Å². The molecule has 4 N–H and O–H groups in total. The summed E-state index contributed by atoms with van der Waals surface area (Å²) in [4.78, 5) is 21.9. The third-order valence-electron chi connectivity index (χ3n) is 6.85. The summed E-state index contributed by atoms with van der Waals surface area (Å²) in [5.41, 5.74) is 7.88. The lowest BCUT2D eigenvalue weighted by Gasteiger charge is -2.42. The number of rotatable bonds is 6. The molecule has 0 saturated carbocycles. The Bertz CT molecular complexity index is 1680. The van der Waals surface area contributed by atoms with E-state index in [1.807, 2.05) is 13.0 Å². The van der Waals surface area contributed by atoms with Gasteiger partial charge >= 0.3 is 0 Å². The number of carbonyl (C=O) groups is 1. The predicted molar refractivity (Wildman–Crippen MR) is 146 cm³/mol. The van der Waals surface area contributed by atoms with Crippen molar-refractivity contribution in [2.75, 3.05) is 29.6 Å². The molecule has 1 aromatic carbocycles. The second-order valence-corrected chi connectivity index (χ2v) is 12.0. The lowest BCUT2D eigenvalue weighted by Crippen LogP contribution is -2.61. The number of nitrogens with zero attached hydrogens (tertiary/aromatic N) is 5. The number of amides is 1. The SMILES string of the molecule is CC(=O)N[C@@H]1[C@H](N)CN(c2ccncc2Nc2ncc3ccc(-c4c(F)cc(S(C)(=O)=O)cc4F)nn23)C[C@@H]1C. The van der Waals surface area contributed by atoms with Crippen LogP contribution in [0.2, 0.25) is 0 Å². The number of pyridine rings is 1. The number of piperidine rings is 1. The lowest BCUT2D eigenvalue weighted by atomic mass is 9.89. The number of benzene rings is 1. The summed E-state index contributed by atoms with van der Waals surface area (Å²) in [7, 11) is -3.80. The number of halogens is 2. The van der Waals surface area contributed by atoms with Crippen molar-refractivity contribution in [1.29, 1.82) is 0 Å². The largest absolute Gasteiger partial charge is 0.368 e. The first-order chi connectivity index (χ1) is 18.9. The zero-order valence-corrected chi connectivity index (χ0v) is 22.8. The number of carbonyl (C=O) groups excluding carboxylic acids is 1. The van der Waals surface area contributed by atoms with Crippen LogP contribution in [0.1, 0.15) is 13.8 Å². The molecule has 1 fully saturated rings. The fourth-order valence-corrected chi connectivity index (χ4v) is 5.63. The van der Waals surface area contributed by atoms with Gasteiger partial charge in [0.05, 0.1) is 45.4 Å².